The fourth-order valence-electron chi connectivity index (χ4n) is 1.23. The predicted octanol–water partition coefficient (Wildman–Crippen LogP) is 0.180. The monoisotopic (exact) mass is 179 g/mol. The van der Waals surface area contributed by atoms with Crippen molar-refractivity contribution in [2.24, 2.45) is 12.0 Å². The van der Waals surface area contributed by atoms with Crippen molar-refractivity contribution in [1.82, 2.24) is 15.1 Å². The molecule has 2 rings (SSSR count). The zero-order chi connectivity index (χ0) is 9.26. The molecule has 1 unspecified atom stereocenters. The van der Waals surface area contributed by atoms with Crippen LogP contribution in [0.15, 0.2) is 17.3 Å². The normalized spacial score (nSPS) is 21.1. The summed E-state index contributed by atoms with van der Waals surface area (Å²) in [5.41, 5.74) is 0. The van der Waals surface area contributed by atoms with Crippen molar-refractivity contribution in [2.45, 2.75) is 13.0 Å². The molecule has 0 saturated heterocycles. The highest BCUT2D eigenvalue weighted by Crippen LogP contribution is 2.02. The van der Waals surface area contributed by atoms with Gasteiger partial charge in [0.25, 0.3) is 0 Å². The first kappa shape index (κ1) is 8.10. The lowest BCUT2D eigenvalue weighted by Gasteiger charge is -2.05. The van der Waals surface area contributed by atoms with Crippen LogP contribution in [0.3, 0.4) is 0 Å². The molecule has 0 fully saturated rings. The number of guanidine groups is 1. The smallest absolute Gasteiger partial charge is 0.197 e. The van der Waals surface area contributed by atoms with Crippen molar-refractivity contribution >= 4 is 11.8 Å². The van der Waals surface area contributed by atoms with Crippen molar-refractivity contribution < 1.29 is 0 Å². The maximum atomic E-state index is 4.27. The summed E-state index contributed by atoms with van der Waals surface area (Å²) in [7, 11) is 1.89. The number of aromatic nitrogens is 2. The van der Waals surface area contributed by atoms with Crippen molar-refractivity contribution in [1.29, 1.82) is 0 Å². The molecule has 2 heterocycles. The summed E-state index contributed by atoms with van der Waals surface area (Å²) in [5, 5.41) is 10.5. The third-order valence-corrected chi connectivity index (χ3v) is 1.87. The van der Waals surface area contributed by atoms with Gasteiger partial charge in [-0.3, -0.25) is 9.67 Å². The molecule has 1 aliphatic heterocycles. The van der Waals surface area contributed by atoms with Gasteiger partial charge in [0.2, 0.25) is 0 Å². The van der Waals surface area contributed by atoms with E-state index in [-0.39, 0.29) is 0 Å². The minimum Gasteiger partial charge on any atom is -0.352 e. The second-order valence-electron chi connectivity index (χ2n) is 3.23. The van der Waals surface area contributed by atoms with Gasteiger partial charge in [-0.25, -0.2) is 0 Å². The lowest BCUT2D eigenvalue weighted by Crippen LogP contribution is -2.32. The highest BCUT2D eigenvalue weighted by molar-refractivity contribution is 5.94. The Morgan fingerprint density at radius 1 is 1.69 bits per heavy atom. The number of hydrogen-bond donors (Lipinski definition) is 2. The highest BCUT2D eigenvalue weighted by Gasteiger charge is 2.12. The van der Waals surface area contributed by atoms with Crippen molar-refractivity contribution in [3.8, 4) is 0 Å². The van der Waals surface area contributed by atoms with E-state index >= 15 is 0 Å². The molecule has 0 amide bonds. The number of nitrogens with zero attached hydrogens (tertiary/aromatic N) is 3. The second kappa shape index (κ2) is 3.08. The molecule has 1 aromatic heterocycles. The maximum absolute atomic E-state index is 4.27. The number of nitrogens with one attached hydrogen (secondary N) is 2. The van der Waals surface area contributed by atoms with Gasteiger partial charge >= 0.3 is 0 Å². The average Bonchev–Trinajstić information content (AvgIpc) is 2.62. The highest BCUT2D eigenvalue weighted by atomic mass is 15.3. The first-order valence-electron chi connectivity index (χ1n) is 4.32. The molecular weight excluding hydrogens is 166 g/mol. The van der Waals surface area contributed by atoms with Crippen molar-refractivity contribution in [3.05, 3.63) is 12.3 Å². The van der Waals surface area contributed by atoms with Crippen LogP contribution in [0.5, 0.6) is 0 Å². The van der Waals surface area contributed by atoms with Crippen LogP contribution < -0.4 is 10.6 Å². The molecule has 5 heteroatoms. The average molecular weight is 179 g/mol. The Hall–Kier alpha value is -1.52. The summed E-state index contributed by atoms with van der Waals surface area (Å²) in [4.78, 5) is 4.27. The zero-order valence-electron chi connectivity index (χ0n) is 7.78. The van der Waals surface area contributed by atoms with E-state index in [9.17, 15) is 0 Å². The molecule has 70 valence electrons. The van der Waals surface area contributed by atoms with E-state index in [1.54, 1.807) is 4.68 Å². The minimum atomic E-state index is 0.422. The summed E-state index contributed by atoms with van der Waals surface area (Å²) in [5.74, 6) is 1.63. The molecule has 0 radical (unpaired) electrons. The van der Waals surface area contributed by atoms with E-state index < -0.39 is 0 Å². The van der Waals surface area contributed by atoms with Gasteiger partial charge < -0.3 is 10.6 Å². The Kier molecular flexibility index (Phi) is 1.92. The van der Waals surface area contributed by atoms with Gasteiger partial charge in [-0.1, -0.05) is 0 Å². The first-order chi connectivity index (χ1) is 6.24. The van der Waals surface area contributed by atoms with Crippen LogP contribution in [0.2, 0.25) is 0 Å². The van der Waals surface area contributed by atoms with E-state index in [2.05, 4.69) is 27.6 Å². The zero-order valence-corrected chi connectivity index (χ0v) is 7.78. The van der Waals surface area contributed by atoms with Crippen LogP contribution in [-0.2, 0) is 7.05 Å². The number of aliphatic imine (C=N–C) groups is 1. The molecule has 0 aliphatic carbocycles. The van der Waals surface area contributed by atoms with Crippen LogP contribution in [0.4, 0.5) is 5.82 Å². The molecule has 0 spiro atoms. The second-order valence-corrected chi connectivity index (χ2v) is 3.23. The number of aryl methyl sites for hydroxylation is 1. The van der Waals surface area contributed by atoms with Crippen molar-refractivity contribution in [2.75, 3.05) is 11.9 Å². The Morgan fingerprint density at radius 3 is 3.08 bits per heavy atom. The molecule has 0 bridgehead atoms. The van der Waals surface area contributed by atoms with Crippen molar-refractivity contribution in [3.63, 3.8) is 0 Å². The molecule has 13 heavy (non-hydrogen) atoms. The molecule has 1 atom stereocenters. The fourth-order valence-corrected chi connectivity index (χ4v) is 1.23. The van der Waals surface area contributed by atoms with Gasteiger partial charge in [0.15, 0.2) is 11.8 Å². The first-order valence-corrected chi connectivity index (χ1v) is 4.32. The summed E-state index contributed by atoms with van der Waals surface area (Å²) in [6.07, 6.45) is 1.89. The Bertz CT molecular complexity index is 327. The van der Waals surface area contributed by atoms with E-state index in [4.69, 9.17) is 0 Å². The summed E-state index contributed by atoms with van der Waals surface area (Å²) >= 11 is 0. The third-order valence-electron chi connectivity index (χ3n) is 1.87. The van der Waals surface area contributed by atoms with Crippen LogP contribution in [0.25, 0.3) is 0 Å². The molecular formula is C8H13N5. The van der Waals surface area contributed by atoms with E-state index in [1.807, 2.05) is 19.3 Å². The topological polar surface area (TPSA) is 54.2 Å². The summed E-state index contributed by atoms with van der Waals surface area (Å²) in [6.45, 7) is 2.92. The largest absolute Gasteiger partial charge is 0.352 e. The standard InChI is InChI=1S/C8H13N5/c1-6-5-9-8(10-6)11-7-3-4-13(2)12-7/h3-4,6H,5H2,1-2H3,(H2,9,10,11,12). The molecule has 0 saturated carbocycles. The summed E-state index contributed by atoms with van der Waals surface area (Å²) < 4.78 is 1.75. The van der Waals surface area contributed by atoms with E-state index in [0.29, 0.717) is 6.04 Å². The fraction of sp³-hybridized carbons (Fsp3) is 0.500. The van der Waals surface area contributed by atoms with Gasteiger partial charge in [-0.05, 0) is 6.92 Å². The Morgan fingerprint density at radius 2 is 2.54 bits per heavy atom. The lowest BCUT2D eigenvalue weighted by atomic mass is 10.4. The minimum absolute atomic E-state index is 0.422. The lowest BCUT2D eigenvalue weighted by molar-refractivity contribution is 0.725. The molecule has 0 aromatic carbocycles. The van der Waals surface area contributed by atoms with Gasteiger partial charge in [0.05, 0.1) is 6.54 Å². The van der Waals surface area contributed by atoms with Gasteiger partial charge in [-0.15, -0.1) is 0 Å². The third kappa shape index (κ3) is 1.80. The van der Waals surface area contributed by atoms with Crippen LogP contribution in [-0.4, -0.2) is 28.3 Å². The molecule has 1 aromatic rings. The number of rotatable bonds is 1. The predicted molar refractivity (Wildman–Crippen MR) is 51.7 cm³/mol. The summed E-state index contributed by atoms with van der Waals surface area (Å²) in [6, 6.07) is 2.33. The van der Waals surface area contributed by atoms with E-state index in [0.717, 1.165) is 18.3 Å². The van der Waals surface area contributed by atoms with Gasteiger partial charge in [0, 0.05) is 25.4 Å². The van der Waals surface area contributed by atoms with Gasteiger partial charge in [0.1, 0.15) is 0 Å². The quantitative estimate of drug-likeness (QED) is 0.646. The van der Waals surface area contributed by atoms with E-state index in [1.165, 1.54) is 0 Å². The van der Waals surface area contributed by atoms with Crippen LogP contribution in [0.1, 0.15) is 6.92 Å². The van der Waals surface area contributed by atoms with Crippen LogP contribution >= 0.6 is 0 Å². The molecule has 2 N–H and O–H groups in total. The SMILES string of the molecule is CC1CN=C(Nc2ccn(C)n2)N1. The number of hydrogen-bond acceptors (Lipinski definition) is 4. The van der Waals surface area contributed by atoms with Gasteiger partial charge in [-0.2, -0.15) is 5.10 Å². The Balaban J connectivity index is 1.99. The molecule has 1 aliphatic rings. The Labute approximate surface area is 76.9 Å². The molecule has 5 nitrogen and oxygen atoms in total. The number of anilines is 1. The maximum Gasteiger partial charge on any atom is 0.197 e. The van der Waals surface area contributed by atoms with Crippen LogP contribution in [0, 0.1) is 0 Å².